The first-order chi connectivity index (χ1) is 11.4. The van der Waals surface area contributed by atoms with Crippen LogP contribution in [-0.2, 0) is 22.6 Å². The molecule has 0 radical (unpaired) electrons. The molecule has 24 heavy (non-hydrogen) atoms. The highest BCUT2D eigenvalue weighted by Gasteiger charge is 2.22. The standard InChI is InChI=1S/C16H27N5O3/c1-12(2)10-21-16(24)9-13(18-21)8-15(23)20-6-4-19(5-7-20)11-14(22)17-3/h9,12,18H,4-8,10-11H2,1-3H3,(H,17,22). The van der Waals surface area contributed by atoms with Crippen LogP contribution in [0, 0.1) is 5.92 Å². The summed E-state index contributed by atoms with van der Waals surface area (Å²) < 4.78 is 1.55. The zero-order valence-corrected chi connectivity index (χ0v) is 14.7. The number of H-pyrrole nitrogens is 1. The number of hydrogen-bond acceptors (Lipinski definition) is 4. The van der Waals surface area contributed by atoms with E-state index in [4.69, 9.17) is 0 Å². The number of nitrogens with one attached hydrogen (secondary N) is 2. The van der Waals surface area contributed by atoms with Crippen LogP contribution in [0.2, 0.25) is 0 Å². The summed E-state index contributed by atoms with van der Waals surface area (Å²) in [6.45, 7) is 7.63. The van der Waals surface area contributed by atoms with Crippen LogP contribution in [0.1, 0.15) is 19.5 Å². The third-order valence-corrected chi connectivity index (χ3v) is 4.10. The van der Waals surface area contributed by atoms with Gasteiger partial charge in [-0.25, -0.2) is 0 Å². The predicted octanol–water partition coefficient (Wildman–Crippen LogP) is -0.735. The second-order valence-electron chi connectivity index (χ2n) is 6.63. The molecule has 2 rings (SSSR count). The molecule has 2 amide bonds. The lowest BCUT2D eigenvalue weighted by Crippen LogP contribution is -2.51. The quantitative estimate of drug-likeness (QED) is 0.716. The van der Waals surface area contributed by atoms with Gasteiger partial charge in [0, 0.05) is 51.5 Å². The van der Waals surface area contributed by atoms with Gasteiger partial charge in [-0.1, -0.05) is 13.8 Å². The molecule has 0 saturated carbocycles. The Hall–Kier alpha value is -2.09. The highest BCUT2D eigenvalue weighted by atomic mass is 16.2. The Morgan fingerprint density at radius 1 is 1.25 bits per heavy atom. The second kappa shape index (κ2) is 8.14. The van der Waals surface area contributed by atoms with E-state index in [0.29, 0.717) is 50.9 Å². The SMILES string of the molecule is CNC(=O)CN1CCN(C(=O)Cc2cc(=O)n(CC(C)C)[nH]2)CC1. The number of nitrogens with zero attached hydrogens (tertiary/aromatic N) is 3. The summed E-state index contributed by atoms with van der Waals surface area (Å²) in [7, 11) is 1.62. The molecule has 0 unspecified atom stereocenters. The number of aromatic amines is 1. The summed E-state index contributed by atoms with van der Waals surface area (Å²) in [6, 6.07) is 1.50. The molecule has 0 spiro atoms. The lowest BCUT2D eigenvalue weighted by Gasteiger charge is -2.34. The van der Waals surface area contributed by atoms with E-state index in [0.717, 1.165) is 0 Å². The van der Waals surface area contributed by atoms with Crippen LogP contribution in [0.15, 0.2) is 10.9 Å². The molecule has 1 fully saturated rings. The lowest BCUT2D eigenvalue weighted by molar-refractivity contribution is -0.132. The zero-order valence-electron chi connectivity index (χ0n) is 14.7. The minimum absolute atomic E-state index is 0.00698. The van der Waals surface area contributed by atoms with Crippen molar-refractivity contribution in [1.29, 1.82) is 0 Å². The summed E-state index contributed by atoms with van der Waals surface area (Å²) in [6.07, 6.45) is 0.204. The number of likely N-dealkylation sites (N-methyl/N-ethyl adjacent to an activating group) is 1. The van der Waals surface area contributed by atoms with Crippen molar-refractivity contribution in [1.82, 2.24) is 24.9 Å². The molecule has 0 bridgehead atoms. The molecular weight excluding hydrogens is 310 g/mol. The Kier molecular flexibility index (Phi) is 6.19. The van der Waals surface area contributed by atoms with Crippen LogP contribution in [-0.4, -0.2) is 71.2 Å². The molecule has 1 aromatic heterocycles. The third-order valence-electron chi connectivity index (χ3n) is 4.10. The summed E-state index contributed by atoms with van der Waals surface area (Å²) in [4.78, 5) is 39.5. The van der Waals surface area contributed by atoms with Crippen molar-refractivity contribution in [2.75, 3.05) is 39.8 Å². The summed E-state index contributed by atoms with van der Waals surface area (Å²) in [5.41, 5.74) is 0.556. The van der Waals surface area contributed by atoms with E-state index < -0.39 is 0 Å². The van der Waals surface area contributed by atoms with Gasteiger partial charge in [0.05, 0.1) is 13.0 Å². The Morgan fingerprint density at radius 2 is 1.92 bits per heavy atom. The Morgan fingerprint density at radius 3 is 2.50 bits per heavy atom. The molecule has 8 heteroatoms. The van der Waals surface area contributed by atoms with Crippen molar-refractivity contribution >= 4 is 11.8 Å². The van der Waals surface area contributed by atoms with Gasteiger partial charge in [0.1, 0.15) is 0 Å². The molecular formula is C16H27N5O3. The summed E-state index contributed by atoms with van der Waals surface area (Å²) >= 11 is 0. The minimum Gasteiger partial charge on any atom is -0.358 e. The van der Waals surface area contributed by atoms with Gasteiger partial charge in [0.2, 0.25) is 11.8 Å². The number of carbonyl (C=O) groups excluding carboxylic acids is 2. The van der Waals surface area contributed by atoms with Crippen molar-refractivity contribution in [2.45, 2.75) is 26.8 Å². The van der Waals surface area contributed by atoms with Gasteiger partial charge in [-0.3, -0.25) is 29.1 Å². The van der Waals surface area contributed by atoms with Crippen LogP contribution < -0.4 is 10.9 Å². The lowest BCUT2D eigenvalue weighted by atomic mass is 10.2. The van der Waals surface area contributed by atoms with Crippen molar-refractivity contribution in [3.8, 4) is 0 Å². The van der Waals surface area contributed by atoms with E-state index in [1.165, 1.54) is 6.07 Å². The molecule has 1 aromatic rings. The highest BCUT2D eigenvalue weighted by molar-refractivity contribution is 5.79. The van der Waals surface area contributed by atoms with Gasteiger partial charge in [0.15, 0.2) is 0 Å². The first-order valence-electron chi connectivity index (χ1n) is 8.38. The molecule has 1 aliphatic heterocycles. The fourth-order valence-electron chi connectivity index (χ4n) is 2.79. The van der Waals surface area contributed by atoms with Gasteiger partial charge in [-0.2, -0.15) is 0 Å². The number of hydrogen-bond donors (Lipinski definition) is 2. The number of rotatable bonds is 6. The van der Waals surface area contributed by atoms with Crippen LogP contribution >= 0.6 is 0 Å². The van der Waals surface area contributed by atoms with Crippen LogP contribution in [0.5, 0.6) is 0 Å². The fraction of sp³-hybridized carbons (Fsp3) is 0.688. The molecule has 0 aliphatic carbocycles. The largest absolute Gasteiger partial charge is 0.358 e. The van der Waals surface area contributed by atoms with E-state index >= 15 is 0 Å². The van der Waals surface area contributed by atoms with Crippen LogP contribution in [0.25, 0.3) is 0 Å². The minimum atomic E-state index is -0.0955. The molecule has 2 N–H and O–H groups in total. The summed E-state index contributed by atoms with van der Waals surface area (Å²) in [5.74, 6) is 0.352. The van der Waals surface area contributed by atoms with Gasteiger partial charge < -0.3 is 10.2 Å². The maximum Gasteiger partial charge on any atom is 0.266 e. The topological polar surface area (TPSA) is 90.4 Å². The molecule has 1 aliphatic rings. The predicted molar refractivity (Wildman–Crippen MR) is 90.7 cm³/mol. The number of piperazine rings is 1. The van der Waals surface area contributed by atoms with E-state index in [2.05, 4.69) is 10.4 Å². The molecule has 2 heterocycles. The Labute approximate surface area is 141 Å². The number of carbonyl (C=O) groups is 2. The van der Waals surface area contributed by atoms with Gasteiger partial charge >= 0.3 is 0 Å². The van der Waals surface area contributed by atoms with E-state index in [1.54, 1.807) is 16.6 Å². The first kappa shape index (κ1) is 18.3. The van der Waals surface area contributed by atoms with Crippen LogP contribution in [0.3, 0.4) is 0 Å². The van der Waals surface area contributed by atoms with Crippen LogP contribution in [0.4, 0.5) is 0 Å². The van der Waals surface area contributed by atoms with Crippen molar-refractivity contribution in [2.24, 2.45) is 5.92 Å². The van der Waals surface area contributed by atoms with Crippen molar-refractivity contribution in [3.63, 3.8) is 0 Å². The Balaban J connectivity index is 1.85. The van der Waals surface area contributed by atoms with E-state index in [-0.39, 0.29) is 23.8 Å². The molecule has 8 nitrogen and oxygen atoms in total. The zero-order chi connectivity index (χ0) is 17.7. The third kappa shape index (κ3) is 4.95. The van der Waals surface area contributed by atoms with E-state index in [1.807, 2.05) is 18.7 Å². The number of amides is 2. The molecule has 134 valence electrons. The molecule has 0 aromatic carbocycles. The van der Waals surface area contributed by atoms with E-state index in [9.17, 15) is 14.4 Å². The average Bonchev–Trinajstić information content (AvgIpc) is 2.86. The Bertz CT molecular complexity index is 626. The monoisotopic (exact) mass is 337 g/mol. The fourth-order valence-corrected chi connectivity index (χ4v) is 2.79. The van der Waals surface area contributed by atoms with Gasteiger partial charge in [-0.05, 0) is 5.92 Å². The van der Waals surface area contributed by atoms with Crippen molar-refractivity contribution < 1.29 is 9.59 Å². The first-order valence-corrected chi connectivity index (χ1v) is 8.38. The van der Waals surface area contributed by atoms with Gasteiger partial charge in [0.25, 0.3) is 5.56 Å². The highest BCUT2D eigenvalue weighted by Crippen LogP contribution is 2.05. The maximum atomic E-state index is 12.4. The average molecular weight is 337 g/mol. The maximum absolute atomic E-state index is 12.4. The van der Waals surface area contributed by atoms with Crippen molar-refractivity contribution in [3.05, 3.63) is 22.1 Å². The second-order valence-corrected chi connectivity index (χ2v) is 6.63. The molecule has 1 saturated heterocycles. The number of aromatic nitrogens is 2. The normalized spacial score (nSPS) is 15.8. The van der Waals surface area contributed by atoms with Gasteiger partial charge in [-0.15, -0.1) is 0 Å². The molecule has 0 atom stereocenters. The summed E-state index contributed by atoms with van der Waals surface area (Å²) in [5, 5.41) is 5.62. The smallest absolute Gasteiger partial charge is 0.266 e.